The van der Waals surface area contributed by atoms with Gasteiger partial charge in [-0.3, -0.25) is 4.99 Å². The van der Waals surface area contributed by atoms with Crippen molar-refractivity contribution in [2.24, 2.45) is 10.4 Å². The van der Waals surface area contributed by atoms with Crippen molar-refractivity contribution in [3.8, 4) is 0 Å². The minimum Gasteiger partial charge on any atom is -0.302 e. The number of carbonyl (C=O) groups is 1. The van der Waals surface area contributed by atoms with Gasteiger partial charge in [0, 0.05) is 16.9 Å². The van der Waals surface area contributed by atoms with Gasteiger partial charge in [-0.25, -0.2) is 0 Å². The quantitative estimate of drug-likeness (QED) is 0.535. The number of aldehydes is 1. The van der Waals surface area contributed by atoms with Gasteiger partial charge >= 0.3 is 0 Å². The fourth-order valence-electron chi connectivity index (χ4n) is 0.731. The van der Waals surface area contributed by atoms with Gasteiger partial charge in [-0.05, 0) is 6.92 Å². The number of hydrogen-bond acceptors (Lipinski definition) is 2. The van der Waals surface area contributed by atoms with Crippen LogP contribution in [0.1, 0.15) is 6.92 Å². The molecule has 2 nitrogen and oxygen atoms in total. The lowest BCUT2D eigenvalue weighted by Crippen LogP contribution is -2.32. The van der Waals surface area contributed by atoms with Crippen LogP contribution in [0.25, 0.3) is 0 Å². The van der Waals surface area contributed by atoms with Crippen LogP contribution in [0.15, 0.2) is 15.7 Å². The molecule has 60 valence electrons. The van der Waals surface area contributed by atoms with Crippen molar-refractivity contribution in [3.05, 3.63) is 10.7 Å². The maximum atomic E-state index is 10.7. The van der Waals surface area contributed by atoms with E-state index in [0.29, 0.717) is 0 Å². The van der Waals surface area contributed by atoms with Crippen LogP contribution in [0.2, 0.25) is 0 Å². The van der Waals surface area contributed by atoms with Gasteiger partial charge in [0.1, 0.15) is 6.29 Å². The smallest absolute Gasteiger partial charge is 0.132 e. The molecule has 1 rings (SSSR count). The summed E-state index contributed by atoms with van der Waals surface area (Å²) in [6.07, 6.45) is 4.27. The van der Waals surface area contributed by atoms with Gasteiger partial charge < -0.3 is 4.79 Å². The third-order valence-corrected chi connectivity index (χ3v) is 3.98. The van der Waals surface area contributed by atoms with E-state index in [1.807, 2.05) is 6.92 Å². The highest BCUT2D eigenvalue weighted by atomic mass is 79.9. The normalized spacial score (nSPS) is 36.6. The molecule has 1 aliphatic rings. The predicted octanol–water partition coefficient (Wildman–Crippen LogP) is 2.28. The Labute approximate surface area is 82.0 Å². The van der Waals surface area contributed by atoms with Crippen LogP contribution >= 0.6 is 31.9 Å². The van der Waals surface area contributed by atoms with Crippen LogP contribution in [-0.4, -0.2) is 17.3 Å². The Morgan fingerprint density at radius 2 is 2.45 bits per heavy atom. The third kappa shape index (κ3) is 1.47. The van der Waals surface area contributed by atoms with E-state index < -0.39 is 5.41 Å². The van der Waals surface area contributed by atoms with Crippen LogP contribution in [0.5, 0.6) is 0 Å². The zero-order valence-electron chi connectivity index (χ0n) is 5.92. The second kappa shape index (κ2) is 3.19. The number of nitrogens with zero attached hydrogens (tertiary/aromatic N) is 1. The highest BCUT2D eigenvalue weighted by Crippen LogP contribution is 2.38. The molecule has 0 fully saturated rings. The largest absolute Gasteiger partial charge is 0.302 e. The van der Waals surface area contributed by atoms with Crippen molar-refractivity contribution < 1.29 is 4.79 Å². The summed E-state index contributed by atoms with van der Waals surface area (Å²) >= 11 is 6.66. The molecule has 0 saturated carbocycles. The zero-order chi connectivity index (χ0) is 8.48. The van der Waals surface area contributed by atoms with Gasteiger partial charge in [-0.1, -0.05) is 31.9 Å². The van der Waals surface area contributed by atoms with E-state index in [2.05, 4.69) is 36.9 Å². The molecule has 1 heterocycles. The van der Waals surface area contributed by atoms with Gasteiger partial charge in [-0.2, -0.15) is 0 Å². The van der Waals surface area contributed by atoms with Gasteiger partial charge in [0.15, 0.2) is 0 Å². The summed E-state index contributed by atoms with van der Waals surface area (Å²) in [6.45, 7) is 1.85. The lowest BCUT2D eigenvalue weighted by atomic mass is 9.88. The Balaban J connectivity index is 3.03. The van der Waals surface area contributed by atoms with Crippen LogP contribution in [-0.2, 0) is 4.79 Å². The number of halogens is 2. The highest BCUT2D eigenvalue weighted by Gasteiger charge is 2.36. The molecular formula is C7H7Br2NO. The van der Waals surface area contributed by atoms with Crippen molar-refractivity contribution in [3.63, 3.8) is 0 Å². The second-order valence-corrected chi connectivity index (χ2v) is 4.42. The van der Waals surface area contributed by atoms with Gasteiger partial charge in [0.25, 0.3) is 0 Å². The number of rotatable bonds is 1. The Morgan fingerprint density at radius 1 is 1.82 bits per heavy atom. The molecule has 0 radical (unpaired) electrons. The standard InChI is InChI=1S/C7H7Br2NO/c1-7(4-11)5(8)2-10-3-6(7)9/h2-5H,1H3. The lowest BCUT2D eigenvalue weighted by molar-refractivity contribution is -0.113. The van der Waals surface area contributed by atoms with Gasteiger partial charge in [0.2, 0.25) is 0 Å². The minimum atomic E-state index is -0.498. The Morgan fingerprint density at radius 3 is 2.82 bits per heavy atom. The molecule has 0 aromatic heterocycles. The van der Waals surface area contributed by atoms with Crippen LogP contribution < -0.4 is 0 Å². The average Bonchev–Trinajstić information content (AvgIpc) is 2.00. The molecule has 4 heteroatoms. The van der Waals surface area contributed by atoms with Crippen molar-refractivity contribution in [2.45, 2.75) is 11.8 Å². The summed E-state index contributed by atoms with van der Waals surface area (Å²) in [4.78, 5) is 14.7. The minimum absolute atomic E-state index is 0.0214. The zero-order valence-corrected chi connectivity index (χ0v) is 9.09. The number of carbonyl (C=O) groups excluding carboxylic acids is 1. The summed E-state index contributed by atoms with van der Waals surface area (Å²) in [7, 11) is 0. The number of aliphatic imine (C=N–C) groups is 1. The first-order valence-electron chi connectivity index (χ1n) is 3.11. The van der Waals surface area contributed by atoms with Gasteiger partial charge in [0.05, 0.1) is 10.2 Å². The van der Waals surface area contributed by atoms with E-state index in [-0.39, 0.29) is 4.83 Å². The van der Waals surface area contributed by atoms with Crippen molar-refractivity contribution in [2.75, 3.05) is 0 Å². The molecule has 0 saturated heterocycles. The molecule has 0 N–H and O–H groups in total. The first-order chi connectivity index (χ1) is 5.11. The summed E-state index contributed by atoms with van der Waals surface area (Å²) in [6, 6.07) is 0. The van der Waals surface area contributed by atoms with E-state index in [1.165, 1.54) is 0 Å². The molecule has 11 heavy (non-hydrogen) atoms. The summed E-state index contributed by atoms with van der Waals surface area (Å²) in [5, 5.41) is 0. The molecular weight excluding hydrogens is 274 g/mol. The third-order valence-electron chi connectivity index (χ3n) is 1.74. The van der Waals surface area contributed by atoms with Crippen molar-refractivity contribution in [1.29, 1.82) is 0 Å². The monoisotopic (exact) mass is 279 g/mol. The van der Waals surface area contributed by atoms with Crippen LogP contribution in [0.4, 0.5) is 0 Å². The second-order valence-electron chi connectivity index (χ2n) is 2.58. The fraction of sp³-hybridized carbons (Fsp3) is 0.429. The van der Waals surface area contributed by atoms with Crippen LogP contribution in [0, 0.1) is 5.41 Å². The average molecular weight is 281 g/mol. The molecule has 0 amide bonds. The topological polar surface area (TPSA) is 29.4 Å². The molecule has 0 aromatic carbocycles. The van der Waals surface area contributed by atoms with Gasteiger partial charge in [-0.15, -0.1) is 0 Å². The lowest BCUT2D eigenvalue weighted by Gasteiger charge is -2.27. The molecule has 1 aliphatic heterocycles. The van der Waals surface area contributed by atoms with Crippen LogP contribution in [0.3, 0.4) is 0 Å². The van der Waals surface area contributed by atoms with E-state index >= 15 is 0 Å². The van der Waals surface area contributed by atoms with E-state index in [4.69, 9.17) is 0 Å². The van der Waals surface area contributed by atoms with Crippen molar-refractivity contribution in [1.82, 2.24) is 0 Å². The summed E-state index contributed by atoms with van der Waals surface area (Å²) in [5.41, 5.74) is -0.498. The highest BCUT2D eigenvalue weighted by molar-refractivity contribution is 9.12. The Bertz CT molecular complexity index is 237. The Kier molecular flexibility index (Phi) is 2.65. The molecule has 2 atom stereocenters. The maximum Gasteiger partial charge on any atom is 0.132 e. The molecule has 0 bridgehead atoms. The predicted molar refractivity (Wildman–Crippen MR) is 52.4 cm³/mol. The molecule has 0 aliphatic carbocycles. The van der Waals surface area contributed by atoms with E-state index in [0.717, 1.165) is 10.8 Å². The molecule has 0 spiro atoms. The van der Waals surface area contributed by atoms with E-state index in [9.17, 15) is 4.79 Å². The number of alkyl halides is 1. The summed E-state index contributed by atoms with van der Waals surface area (Å²) < 4.78 is 0.810. The van der Waals surface area contributed by atoms with Crippen molar-refractivity contribution >= 4 is 44.4 Å². The van der Waals surface area contributed by atoms with E-state index in [1.54, 1.807) is 12.4 Å². The fourth-order valence-corrected chi connectivity index (χ4v) is 1.99. The Hall–Kier alpha value is 0.0400. The SMILES string of the molecule is CC1(C=O)C(Br)=CN=CC1Br. The molecule has 2 unspecified atom stereocenters. The maximum absolute atomic E-state index is 10.7. The number of allylic oxidation sites excluding steroid dienone is 1. The number of hydrogen-bond donors (Lipinski definition) is 0. The summed E-state index contributed by atoms with van der Waals surface area (Å²) in [5.74, 6) is 0. The first kappa shape index (κ1) is 9.13. The molecule has 0 aromatic rings. The first-order valence-corrected chi connectivity index (χ1v) is 4.82.